The van der Waals surface area contributed by atoms with Gasteiger partial charge in [0.05, 0.1) is 5.69 Å². The van der Waals surface area contributed by atoms with Gasteiger partial charge in [-0.25, -0.2) is 18.2 Å². The van der Waals surface area contributed by atoms with E-state index in [9.17, 15) is 18.0 Å². The second kappa shape index (κ2) is 5.45. The number of aryl methyl sites for hydroxylation is 1. The van der Waals surface area contributed by atoms with Crippen LogP contribution in [0, 0.1) is 0 Å². The smallest absolute Gasteiger partial charge is 0.302 e. The lowest BCUT2D eigenvalue weighted by atomic mass is 10.4. The van der Waals surface area contributed by atoms with Gasteiger partial charge in [-0.15, -0.1) is 0 Å². The number of nitrogens with zero attached hydrogens (tertiary/aromatic N) is 3. The van der Waals surface area contributed by atoms with Crippen LogP contribution < -0.4 is 16.0 Å². The fourth-order valence-electron chi connectivity index (χ4n) is 1.62. The van der Waals surface area contributed by atoms with Crippen molar-refractivity contribution in [1.29, 1.82) is 0 Å². The Kier molecular flexibility index (Phi) is 4.01. The Bertz CT molecular complexity index is 917. The summed E-state index contributed by atoms with van der Waals surface area (Å²) in [4.78, 5) is 26.9. The van der Waals surface area contributed by atoms with Gasteiger partial charge in [0, 0.05) is 26.5 Å². The number of pyridine rings is 1. The Hall–Kier alpha value is -1.94. The van der Waals surface area contributed by atoms with Crippen molar-refractivity contribution < 1.29 is 8.42 Å². The first kappa shape index (κ1) is 15.4. The lowest BCUT2D eigenvalue weighted by molar-refractivity contribution is 0.589. The molecular formula is C11H11BrN4O4S. The van der Waals surface area contributed by atoms with E-state index in [1.807, 2.05) is 0 Å². The molecule has 0 amide bonds. The molecule has 0 aromatic carbocycles. The predicted octanol–water partition coefficient (Wildman–Crippen LogP) is 0.0423. The van der Waals surface area contributed by atoms with E-state index in [0.717, 1.165) is 15.3 Å². The Labute approximate surface area is 128 Å². The van der Waals surface area contributed by atoms with Crippen LogP contribution in [0.25, 0.3) is 0 Å². The molecule has 0 radical (unpaired) electrons. The van der Waals surface area contributed by atoms with Crippen LogP contribution in [0.4, 0.5) is 5.69 Å². The summed E-state index contributed by atoms with van der Waals surface area (Å²) in [5.74, 6) is 0. The van der Waals surface area contributed by atoms with Crippen LogP contribution in [0.2, 0.25) is 0 Å². The average molecular weight is 375 g/mol. The van der Waals surface area contributed by atoms with Crippen LogP contribution in [-0.2, 0) is 24.1 Å². The van der Waals surface area contributed by atoms with Gasteiger partial charge in [0.15, 0.2) is 4.90 Å². The molecular weight excluding hydrogens is 364 g/mol. The molecule has 0 unspecified atom stereocenters. The summed E-state index contributed by atoms with van der Waals surface area (Å²) in [5.41, 5.74) is -1.32. The van der Waals surface area contributed by atoms with Crippen molar-refractivity contribution in [1.82, 2.24) is 14.1 Å². The minimum atomic E-state index is -4.14. The zero-order chi connectivity index (χ0) is 15.8. The number of hydrogen-bond acceptors (Lipinski definition) is 5. The summed E-state index contributed by atoms with van der Waals surface area (Å²) in [5, 5.41) is 0. The van der Waals surface area contributed by atoms with Crippen molar-refractivity contribution in [3.8, 4) is 0 Å². The van der Waals surface area contributed by atoms with E-state index >= 15 is 0 Å². The minimum absolute atomic E-state index is 0.188. The van der Waals surface area contributed by atoms with Crippen LogP contribution in [0.3, 0.4) is 0 Å². The Morgan fingerprint density at radius 3 is 2.57 bits per heavy atom. The summed E-state index contributed by atoms with van der Waals surface area (Å²) in [6.45, 7) is 0. The van der Waals surface area contributed by atoms with Gasteiger partial charge in [0.25, 0.3) is 15.6 Å². The first-order chi connectivity index (χ1) is 9.74. The lowest BCUT2D eigenvalue weighted by Gasteiger charge is -2.10. The maximum atomic E-state index is 12.3. The summed E-state index contributed by atoms with van der Waals surface area (Å²) in [7, 11) is -1.57. The van der Waals surface area contributed by atoms with Crippen molar-refractivity contribution in [2.75, 3.05) is 4.72 Å². The molecule has 2 heterocycles. The monoisotopic (exact) mass is 374 g/mol. The minimum Gasteiger partial charge on any atom is -0.302 e. The maximum absolute atomic E-state index is 12.3. The third-order valence-corrected chi connectivity index (χ3v) is 4.69. The van der Waals surface area contributed by atoms with Gasteiger partial charge < -0.3 is 4.57 Å². The molecule has 2 aromatic heterocycles. The van der Waals surface area contributed by atoms with Gasteiger partial charge in [0.1, 0.15) is 4.60 Å². The molecule has 0 aliphatic carbocycles. The highest BCUT2D eigenvalue weighted by atomic mass is 79.9. The maximum Gasteiger partial charge on any atom is 0.330 e. The third-order valence-electron chi connectivity index (χ3n) is 2.71. The molecule has 2 rings (SSSR count). The molecule has 2 aromatic rings. The SMILES string of the molecule is Cn1cc(S(=O)(=O)Nc2cccnc2Br)c(=O)n(C)c1=O. The third kappa shape index (κ3) is 2.90. The topological polar surface area (TPSA) is 103 Å². The second-order valence-electron chi connectivity index (χ2n) is 4.20. The van der Waals surface area contributed by atoms with Crippen molar-refractivity contribution in [2.24, 2.45) is 14.1 Å². The van der Waals surface area contributed by atoms with E-state index in [4.69, 9.17) is 0 Å². The number of hydrogen-bond donors (Lipinski definition) is 1. The number of sulfonamides is 1. The van der Waals surface area contributed by atoms with E-state index in [1.165, 1.54) is 26.4 Å². The Balaban J connectivity index is 2.59. The molecule has 21 heavy (non-hydrogen) atoms. The van der Waals surface area contributed by atoms with Gasteiger partial charge in [0.2, 0.25) is 0 Å². The zero-order valence-electron chi connectivity index (χ0n) is 11.1. The molecule has 0 atom stereocenters. The summed E-state index contributed by atoms with van der Waals surface area (Å²) in [6, 6.07) is 3.03. The van der Waals surface area contributed by atoms with E-state index in [2.05, 4.69) is 25.6 Å². The van der Waals surface area contributed by atoms with Crippen molar-refractivity contribution in [2.45, 2.75) is 4.90 Å². The average Bonchev–Trinajstić information content (AvgIpc) is 2.42. The summed E-state index contributed by atoms with van der Waals surface area (Å²) in [6.07, 6.45) is 2.46. The van der Waals surface area contributed by atoms with E-state index in [-0.39, 0.29) is 10.3 Å². The highest BCUT2D eigenvalue weighted by Gasteiger charge is 2.22. The quantitative estimate of drug-likeness (QED) is 0.764. The zero-order valence-corrected chi connectivity index (χ0v) is 13.5. The van der Waals surface area contributed by atoms with Crippen LogP contribution in [0.5, 0.6) is 0 Å². The molecule has 10 heteroatoms. The van der Waals surface area contributed by atoms with E-state index in [1.54, 1.807) is 6.07 Å². The molecule has 0 aliphatic heterocycles. The second-order valence-corrected chi connectivity index (χ2v) is 6.60. The largest absolute Gasteiger partial charge is 0.330 e. The molecule has 1 N–H and O–H groups in total. The highest BCUT2D eigenvalue weighted by molar-refractivity contribution is 9.10. The van der Waals surface area contributed by atoms with Crippen LogP contribution in [0.15, 0.2) is 43.6 Å². The van der Waals surface area contributed by atoms with Crippen molar-refractivity contribution >= 4 is 31.6 Å². The molecule has 0 saturated carbocycles. The van der Waals surface area contributed by atoms with Gasteiger partial charge in [-0.3, -0.25) is 14.1 Å². The highest BCUT2D eigenvalue weighted by Crippen LogP contribution is 2.21. The Morgan fingerprint density at radius 2 is 1.95 bits per heavy atom. The van der Waals surface area contributed by atoms with Gasteiger partial charge in [-0.05, 0) is 28.1 Å². The molecule has 0 aliphatic rings. The molecule has 8 nitrogen and oxygen atoms in total. The molecule has 0 spiro atoms. The first-order valence-electron chi connectivity index (χ1n) is 5.64. The normalized spacial score (nSPS) is 11.4. The fraction of sp³-hybridized carbons (Fsp3) is 0.182. The number of aromatic nitrogens is 3. The van der Waals surface area contributed by atoms with Crippen LogP contribution in [0.1, 0.15) is 0 Å². The number of rotatable bonds is 3. The Morgan fingerprint density at radius 1 is 1.29 bits per heavy atom. The van der Waals surface area contributed by atoms with Crippen LogP contribution >= 0.6 is 15.9 Å². The van der Waals surface area contributed by atoms with Crippen molar-refractivity contribution in [3.63, 3.8) is 0 Å². The standard InChI is InChI=1S/C11H11BrN4O4S/c1-15-6-8(10(17)16(2)11(15)18)21(19,20)14-7-4-3-5-13-9(7)12/h3-6,14H,1-2H3. The van der Waals surface area contributed by atoms with Gasteiger partial charge >= 0.3 is 5.69 Å². The summed E-state index contributed by atoms with van der Waals surface area (Å²) >= 11 is 3.10. The summed E-state index contributed by atoms with van der Waals surface area (Å²) < 4.78 is 28.9. The molecule has 0 saturated heterocycles. The first-order valence-corrected chi connectivity index (χ1v) is 7.91. The lowest BCUT2D eigenvalue weighted by Crippen LogP contribution is -2.40. The van der Waals surface area contributed by atoms with E-state index in [0.29, 0.717) is 0 Å². The number of halogens is 1. The molecule has 0 bridgehead atoms. The number of nitrogens with one attached hydrogen (secondary N) is 1. The van der Waals surface area contributed by atoms with E-state index < -0.39 is 26.2 Å². The number of anilines is 1. The van der Waals surface area contributed by atoms with Crippen molar-refractivity contribution in [3.05, 3.63) is 50.0 Å². The fourth-order valence-corrected chi connectivity index (χ4v) is 3.33. The van der Waals surface area contributed by atoms with Gasteiger partial charge in [-0.1, -0.05) is 0 Å². The van der Waals surface area contributed by atoms with Crippen LogP contribution in [-0.4, -0.2) is 22.5 Å². The molecule has 112 valence electrons. The van der Waals surface area contributed by atoms with Gasteiger partial charge in [-0.2, -0.15) is 0 Å². The molecule has 0 fully saturated rings. The predicted molar refractivity (Wildman–Crippen MR) is 79.7 cm³/mol.